The van der Waals surface area contributed by atoms with Crippen molar-refractivity contribution in [2.75, 3.05) is 0 Å². The normalized spacial score (nSPS) is 14.3. The van der Waals surface area contributed by atoms with Gasteiger partial charge in [-0.1, -0.05) is 0 Å². The molecule has 0 saturated carbocycles. The second-order valence-electron chi connectivity index (χ2n) is 2.08. The molecule has 1 aromatic rings. The Balaban J connectivity index is 2.86. The van der Waals surface area contributed by atoms with Gasteiger partial charge in [0.2, 0.25) is 0 Å². The molecule has 0 aromatic carbocycles. The van der Waals surface area contributed by atoms with Crippen LogP contribution in [-0.2, 0) is 0 Å². The van der Waals surface area contributed by atoms with Crippen LogP contribution in [-0.4, -0.2) is 21.3 Å². The molecule has 1 heterocycles. The van der Waals surface area contributed by atoms with Crippen LogP contribution in [0.1, 0.15) is 11.8 Å². The molecule has 0 bridgehead atoms. The summed E-state index contributed by atoms with van der Waals surface area (Å²) in [4.78, 5) is 6.68. The molecule has 12 heavy (non-hydrogen) atoms. The molecule has 0 saturated heterocycles. The zero-order valence-corrected chi connectivity index (χ0v) is 5.78. The van der Waals surface area contributed by atoms with Crippen LogP contribution in [0.4, 0.5) is 13.2 Å². The summed E-state index contributed by atoms with van der Waals surface area (Å²) in [5.74, 6) is 0. The van der Waals surface area contributed by atoms with Crippen LogP contribution in [0.5, 0.6) is 0 Å². The fourth-order valence-electron chi connectivity index (χ4n) is 0.630. The first-order valence-corrected chi connectivity index (χ1v) is 3.02. The van der Waals surface area contributed by atoms with E-state index >= 15 is 0 Å². The van der Waals surface area contributed by atoms with Crippen molar-refractivity contribution in [3.05, 3.63) is 24.3 Å². The van der Waals surface area contributed by atoms with E-state index in [9.17, 15) is 13.2 Å². The van der Waals surface area contributed by atoms with Crippen molar-refractivity contribution in [2.45, 2.75) is 12.3 Å². The molecule has 0 aliphatic carbocycles. The molecule has 1 atom stereocenters. The molecule has 6 heteroatoms. The predicted octanol–water partition coefficient (Wildman–Crippen LogP) is 1.07. The predicted molar refractivity (Wildman–Crippen MR) is 33.0 cm³/mol. The van der Waals surface area contributed by atoms with Gasteiger partial charge in [0.05, 0.1) is 5.69 Å². The molecule has 0 fully saturated rings. The Hall–Kier alpha value is -1.17. The van der Waals surface area contributed by atoms with Gasteiger partial charge in [-0.25, -0.2) is 9.97 Å². The quantitative estimate of drug-likeness (QED) is 0.699. The zero-order valence-electron chi connectivity index (χ0n) is 5.78. The second-order valence-corrected chi connectivity index (χ2v) is 2.08. The van der Waals surface area contributed by atoms with Gasteiger partial charge in [0, 0.05) is 6.20 Å². The van der Waals surface area contributed by atoms with Crippen LogP contribution in [0.2, 0.25) is 0 Å². The molecule has 1 N–H and O–H groups in total. The van der Waals surface area contributed by atoms with E-state index < -0.39 is 18.0 Å². The zero-order chi connectivity index (χ0) is 9.19. The van der Waals surface area contributed by atoms with Crippen LogP contribution in [0, 0.1) is 0 Å². The molecule has 3 nitrogen and oxygen atoms in total. The van der Waals surface area contributed by atoms with Gasteiger partial charge in [0.1, 0.15) is 6.33 Å². The highest BCUT2D eigenvalue weighted by Crippen LogP contribution is 2.30. The van der Waals surface area contributed by atoms with Crippen molar-refractivity contribution in [3.8, 4) is 0 Å². The van der Waals surface area contributed by atoms with E-state index in [1.165, 1.54) is 0 Å². The van der Waals surface area contributed by atoms with Gasteiger partial charge in [-0.15, -0.1) is 0 Å². The minimum absolute atomic E-state index is 0.447. The lowest BCUT2D eigenvalue weighted by molar-refractivity contribution is -0.208. The van der Waals surface area contributed by atoms with Crippen molar-refractivity contribution in [1.82, 2.24) is 9.97 Å². The Kier molecular flexibility index (Phi) is 2.27. The van der Waals surface area contributed by atoms with Gasteiger partial charge >= 0.3 is 6.18 Å². The highest BCUT2D eigenvalue weighted by Gasteiger charge is 2.40. The summed E-state index contributed by atoms with van der Waals surface area (Å²) in [6.45, 7) is 0. The molecule has 0 radical (unpaired) electrons. The number of hydrogen-bond acceptors (Lipinski definition) is 3. The lowest BCUT2D eigenvalue weighted by Gasteiger charge is -2.12. The van der Waals surface area contributed by atoms with Crippen LogP contribution < -0.4 is 0 Å². The van der Waals surface area contributed by atoms with Crippen molar-refractivity contribution in [1.29, 1.82) is 0 Å². The third-order valence-corrected chi connectivity index (χ3v) is 1.20. The van der Waals surface area contributed by atoms with Crippen LogP contribution >= 0.6 is 0 Å². The van der Waals surface area contributed by atoms with Crippen molar-refractivity contribution >= 4 is 0 Å². The molecule has 1 aromatic heterocycles. The van der Waals surface area contributed by atoms with E-state index in [4.69, 9.17) is 5.11 Å². The van der Waals surface area contributed by atoms with Gasteiger partial charge in [-0.3, -0.25) is 0 Å². The number of hydrogen-bond donors (Lipinski definition) is 1. The highest BCUT2D eigenvalue weighted by molar-refractivity contribution is 5.03. The van der Waals surface area contributed by atoms with E-state index in [0.29, 0.717) is 0 Å². The molecule has 0 aliphatic rings. The van der Waals surface area contributed by atoms with E-state index in [1.54, 1.807) is 0 Å². The number of rotatable bonds is 1. The van der Waals surface area contributed by atoms with E-state index in [2.05, 4.69) is 9.97 Å². The maximum Gasteiger partial charge on any atom is 0.420 e. The van der Waals surface area contributed by atoms with E-state index in [-0.39, 0.29) is 0 Å². The van der Waals surface area contributed by atoms with Crippen molar-refractivity contribution in [2.24, 2.45) is 0 Å². The highest BCUT2D eigenvalue weighted by atomic mass is 19.4. The topological polar surface area (TPSA) is 46.0 Å². The molecule has 0 unspecified atom stereocenters. The lowest BCUT2D eigenvalue weighted by Crippen LogP contribution is -2.21. The van der Waals surface area contributed by atoms with Gasteiger partial charge in [0.25, 0.3) is 0 Å². The first kappa shape index (κ1) is 8.92. The number of aromatic nitrogens is 2. The van der Waals surface area contributed by atoms with Gasteiger partial charge < -0.3 is 5.11 Å². The fraction of sp³-hybridized carbons (Fsp3) is 0.333. The first-order valence-electron chi connectivity index (χ1n) is 3.02. The number of alkyl halides is 3. The number of halogens is 3. The second kappa shape index (κ2) is 3.06. The number of nitrogens with zero attached hydrogens (tertiary/aromatic N) is 2. The SMILES string of the molecule is O[C@H](c1ccncn1)C(F)(F)F. The summed E-state index contributed by atoms with van der Waals surface area (Å²) in [5, 5.41) is 8.64. The Morgan fingerprint density at radius 2 is 2.08 bits per heavy atom. The molecular weight excluding hydrogens is 173 g/mol. The summed E-state index contributed by atoms with van der Waals surface area (Å²) >= 11 is 0. The standard InChI is InChI=1S/C6H5F3N2O/c7-6(8,9)5(12)4-1-2-10-3-11-4/h1-3,5,12H/t5-/m1/s1. The summed E-state index contributed by atoms with van der Waals surface area (Å²) in [5.41, 5.74) is -0.447. The number of aliphatic hydroxyl groups is 1. The monoisotopic (exact) mass is 178 g/mol. The average Bonchev–Trinajstić information content (AvgIpc) is 2.03. The Bertz CT molecular complexity index is 249. The first-order chi connectivity index (χ1) is 5.52. The molecule has 0 spiro atoms. The van der Waals surface area contributed by atoms with E-state index in [1.807, 2.05) is 0 Å². The number of aliphatic hydroxyl groups excluding tert-OH is 1. The third-order valence-electron chi connectivity index (χ3n) is 1.20. The summed E-state index contributed by atoms with van der Waals surface area (Å²) < 4.78 is 35.5. The van der Waals surface area contributed by atoms with Crippen molar-refractivity contribution < 1.29 is 18.3 Å². The maximum absolute atomic E-state index is 11.8. The fourth-order valence-corrected chi connectivity index (χ4v) is 0.630. The van der Waals surface area contributed by atoms with Gasteiger partial charge in [-0.05, 0) is 6.07 Å². The Labute approximate surface area is 65.9 Å². The van der Waals surface area contributed by atoms with E-state index in [0.717, 1.165) is 18.6 Å². The smallest absolute Gasteiger partial charge is 0.378 e. The summed E-state index contributed by atoms with van der Waals surface area (Å²) in [6.07, 6.45) is -5.11. The third kappa shape index (κ3) is 1.91. The maximum atomic E-state index is 11.8. The van der Waals surface area contributed by atoms with Gasteiger partial charge in [-0.2, -0.15) is 13.2 Å². The Morgan fingerprint density at radius 1 is 1.42 bits per heavy atom. The minimum atomic E-state index is -4.67. The molecule has 66 valence electrons. The summed E-state index contributed by atoms with van der Waals surface area (Å²) in [7, 11) is 0. The average molecular weight is 178 g/mol. The van der Waals surface area contributed by atoms with Crippen LogP contribution in [0.15, 0.2) is 18.6 Å². The summed E-state index contributed by atoms with van der Waals surface area (Å²) in [6, 6.07) is 1.01. The molecule has 0 amide bonds. The van der Waals surface area contributed by atoms with Crippen LogP contribution in [0.3, 0.4) is 0 Å². The molecular formula is C6H5F3N2O. The molecule has 1 rings (SSSR count). The molecule has 0 aliphatic heterocycles. The largest absolute Gasteiger partial charge is 0.420 e. The lowest BCUT2D eigenvalue weighted by atomic mass is 10.2. The van der Waals surface area contributed by atoms with Crippen molar-refractivity contribution in [3.63, 3.8) is 0 Å². The Morgan fingerprint density at radius 3 is 2.50 bits per heavy atom. The minimum Gasteiger partial charge on any atom is -0.378 e. The van der Waals surface area contributed by atoms with Crippen LogP contribution in [0.25, 0.3) is 0 Å². The van der Waals surface area contributed by atoms with Gasteiger partial charge in [0.15, 0.2) is 6.10 Å².